The van der Waals surface area contributed by atoms with Crippen LogP contribution in [0, 0.1) is 5.92 Å². The third-order valence-corrected chi connectivity index (χ3v) is 2.97. The van der Waals surface area contributed by atoms with E-state index in [1.165, 1.54) is 0 Å². The fourth-order valence-corrected chi connectivity index (χ4v) is 2.16. The maximum Gasteiger partial charge on any atom is 0.354 e. The molecular weight excluding hydrogens is 204 g/mol. The number of hydrogen-bond donors (Lipinski definition) is 3. The largest absolute Gasteiger partial charge is 0.480 e. The van der Waals surface area contributed by atoms with Gasteiger partial charge in [-0.25, -0.2) is 4.79 Å². The lowest BCUT2D eigenvalue weighted by Gasteiger charge is -2.24. The molecule has 82 valence electrons. The number of rotatable bonds is 2. The Bertz CT molecular complexity index is 366. The van der Waals surface area contributed by atoms with Gasteiger partial charge in [0.2, 0.25) is 0 Å². The second kappa shape index (κ2) is 2.93. The van der Waals surface area contributed by atoms with E-state index in [0.717, 1.165) is 0 Å². The molecule has 2 aliphatic rings. The Kier molecular flexibility index (Phi) is 1.93. The second-order valence-corrected chi connectivity index (χ2v) is 3.79. The van der Waals surface area contributed by atoms with Crippen LogP contribution in [0.1, 0.15) is 12.8 Å². The van der Waals surface area contributed by atoms with Crippen LogP contribution in [0.2, 0.25) is 0 Å². The van der Waals surface area contributed by atoms with Gasteiger partial charge in [-0.05, 0) is 12.8 Å². The first-order valence-electron chi connectivity index (χ1n) is 4.46. The maximum atomic E-state index is 11.0. The number of oxime groups is 1. The molecule has 7 nitrogen and oxygen atoms in total. The zero-order chi connectivity index (χ0) is 11.2. The van der Waals surface area contributed by atoms with E-state index in [1.807, 2.05) is 0 Å². The molecule has 0 bridgehead atoms. The van der Waals surface area contributed by atoms with E-state index in [1.54, 1.807) is 0 Å². The quantitative estimate of drug-likeness (QED) is 0.542. The molecule has 0 amide bonds. The van der Waals surface area contributed by atoms with Crippen molar-refractivity contribution >= 4 is 17.7 Å². The molecule has 2 rings (SSSR count). The molecule has 0 saturated heterocycles. The second-order valence-electron chi connectivity index (χ2n) is 3.79. The van der Waals surface area contributed by atoms with Crippen LogP contribution in [0.5, 0.6) is 0 Å². The Balaban J connectivity index is 2.37. The Hall–Kier alpha value is -1.63. The minimum Gasteiger partial charge on any atom is -0.480 e. The molecule has 0 radical (unpaired) electrons. The summed E-state index contributed by atoms with van der Waals surface area (Å²) in [6.45, 7) is 0. The smallest absolute Gasteiger partial charge is 0.354 e. The number of fused-ring (bicyclic) bond motifs is 1. The fourth-order valence-electron chi connectivity index (χ4n) is 2.16. The topological polar surface area (TPSA) is 122 Å². The Labute approximate surface area is 84.5 Å². The maximum absolute atomic E-state index is 11.0. The molecule has 1 heterocycles. The predicted octanol–water partition coefficient (Wildman–Crippen LogP) is -0.982. The van der Waals surface area contributed by atoms with E-state index in [2.05, 4.69) is 5.16 Å². The average Bonchev–Trinajstić information content (AvgIpc) is 2.68. The third kappa shape index (κ3) is 1.19. The fraction of sp³-hybridized carbons (Fsp3) is 0.625. The van der Waals surface area contributed by atoms with Gasteiger partial charge >= 0.3 is 11.9 Å². The van der Waals surface area contributed by atoms with Gasteiger partial charge in [0.25, 0.3) is 0 Å². The van der Waals surface area contributed by atoms with Gasteiger partial charge in [-0.2, -0.15) is 0 Å². The van der Waals surface area contributed by atoms with Gasteiger partial charge in [0.05, 0.1) is 5.92 Å². The van der Waals surface area contributed by atoms with E-state index >= 15 is 0 Å². The summed E-state index contributed by atoms with van der Waals surface area (Å²) in [5.74, 6) is -3.34. The molecule has 3 atom stereocenters. The molecular formula is C8H10N2O5. The van der Waals surface area contributed by atoms with E-state index in [4.69, 9.17) is 20.8 Å². The van der Waals surface area contributed by atoms with Crippen LogP contribution in [0.4, 0.5) is 0 Å². The van der Waals surface area contributed by atoms with Crippen LogP contribution in [0.25, 0.3) is 0 Å². The van der Waals surface area contributed by atoms with Gasteiger partial charge in [0.1, 0.15) is 11.6 Å². The zero-order valence-corrected chi connectivity index (χ0v) is 7.71. The summed E-state index contributed by atoms with van der Waals surface area (Å²) in [7, 11) is 0. The highest BCUT2D eigenvalue weighted by atomic mass is 16.6. The van der Waals surface area contributed by atoms with Crippen LogP contribution in [0.3, 0.4) is 0 Å². The number of carbonyl (C=O) groups is 2. The van der Waals surface area contributed by atoms with Crippen LogP contribution in [-0.4, -0.2) is 39.5 Å². The molecule has 15 heavy (non-hydrogen) atoms. The lowest BCUT2D eigenvalue weighted by Crippen LogP contribution is -2.55. The first-order chi connectivity index (χ1) is 6.97. The number of carboxylic acids is 2. The molecule has 1 aliphatic heterocycles. The molecule has 1 saturated carbocycles. The molecule has 1 fully saturated rings. The van der Waals surface area contributed by atoms with Crippen molar-refractivity contribution in [1.82, 2.24) is 0 Å². The summed E-state index contributed by atoms with van der Waals surface area (Å²) in [5.41, 5.74) is 3.83. The van der Waals surface area contributed by atoms with Crippen molar-refractivity contribution in [1.29, 1.82) is 0 Å². The van der Waals surface area contributed by atoms with Gasteiger partial charge in [0.15, 0.2) is 5.71 Å². The molecule has 0 spiro atoms. The minimum atomic E-state index is -1.57. The van der Waals surface area contributed by atoms with Gasteiger partial charge < -0.3 is 20.8 Å². The Morgan fingerprint density at radius 3 is 2.73 bits per heavy atom. The summed E-state index contributed by atoms with van der Waals surface area (Å²) < 4.78 is 0. The van der Waals surface area contributed by atoms with E-state index in [9.17, 15) is 9.59 Å². The summed E-state index contributed by atoms with van der Waals surface area (Å²) in [4.78, 5) is 26.7. The monoisotopic (exact) mass is 214 g/mol. The molecule has 0 aromatic carbocycles. The summed E-state index contributed by atoms with van der Waals surface area (Å²) >= 11 is 0. The predicted molar refractivity (Wildman–Crippen MR) is 47.2 cm³/mol. The summed E-state index contributed by atoms with van der Waals surface area (Å²) in [6.07, 6.45) is 0.0924. The van der Waals surface area contributed by atoms with Crippen molar-refractivity contribution in [3.05, 3.63) is 0 Å². The van der Waals surface area contributed by atoms with Crippen molar-refractivity contribution in [2.45, 2.75) is 24.5 Å². The zero-order valence-electron chi connectivity index (χ0n) is 7.71. The van der Waals surface area contributed by atoms with Gasteiger partial charge in [-0.1, -0.05) is 5.16 Å². The molecule has 0 unspecified atom stereocenters. The summed E-state index contributed by atoms with van der Waals surface area (Å²) in [5, 5.41) is 21.2. The minimum absolute atomic E-state index is 0.198. The average molecular weight is 214 g/mol. The Morgan fingerprint density at radius 2 is 2.20 bits per heavy atom. The first-order valence-corrected chi connectivity index (χ1v) is 4.46. The highest BCUT2D eigenvalue weighted by molar-refractivity contribution is 6.37. The normalized spacial score (nSPS) is 38.1. The van der Waals surface area contributed by atoms with Crippen LogP contribution in [0.15, 0.2) is 5.16 Å². The highest BCUT2D eigenvalue weighted by Gasteiger charge is 2.59. The number of aliphatic carboxylic acids is 2. The molecule has 1 aliphatic carbocycles. The lowest BCUT2D eigenvalue weighted by atomic mass is 9.84. The van der Waals surface area contributed by atoms with Crippen LogP contribution < -0.4 is 5.73 Å². The van der Waals surface area contributed by atoms with E-state index in [-0.39, 0.29) is 12.1 Å². The van der Waals surface area contributed by atoms with Gasteiger partial charge in [-0.15, -0.1) is 0 Å². The number of nitrogens with zero attached hydrogens (tertiary/aromatic N) is 1. The van der Waals surface area contributed by atoms with Crippen molar-refractivity contribution in [2.75, 3.05) is 0 Å². The standard InChI is InChI=1S/C8H10N2O5/c9-8(7(13)14)2-1-3-4(8)5(6(11)12)10-15-3/h3-4H,1-2,9H2,(H,11,12)(H,13,14)/t3-,4+,8+/m1/s1. The SMILES string of the molecule is N[C@@]1(C(=O)O)CC[C@H]2ON=C(C(=O)O)[C@H]21. The molecule has 0 aromatic rings. The molecule has 4 N–H and O–H groups in total. The number of nitrogens with two attached hydrogens (primary N) is 1. The van der Waals surface area contributed by atoms with Crippen molar-refractivity contribution in [3.63, 3.8) is 0 Å². The summed E-state index contributed by atoms with van der Waals surface area (Å²) in [6, 6.07) is 0. The van der Waals surface area contributed by atoms with Crippen molar-refractivity contribution in [2.24, 2.45) is 16.8 Å². The third-order valence-electron chi connectivity index (χ3n) is 2.97. The van der Waals surface area contributed by atoms with Crippen LogP contribution in [-0.2, 0) is 14.4 Å². The van der Waals surface area contributed by atoms with Crippen molar-refractivity contribution in [3.8, 4) is 0 Å². The number of hydrogen-bond acceptors (Lipinski definition) is 5. The molecule has 0 aromatic heterocycles. The highest BCUT2D eigenvalue weighted by Crippen LogP contribution is 2.40. The van der Waals surface area contributed by atoms with Gasteiger partial charge in [0, 0.05) is 0 Å². The van der Waals surface area contributed by atoms with Crippen LogP contribution >= 0.6 is 0 Å². The first kappa shape index (κ1) is 9.91. The van der Waals surface area contributed by atoms with Crippen molar-refractivity contribution < 1.29 is 24.6 Å². The van der Waals surface area contributed by atoms with E-state index in [0.29, 0.717) is 6.42 Å². The molecule has 7 heteroatoms. The lowest BCUT2D eigenvalue weighted by molar-refractivity contribution is -0.144. The van der Waals surface area contributed by atoms with Gasteiger partial charge in [-0.3, -0.25) is 4.79 Å². The Morgan fingerprint density at radius 1 is 1.53 bits per heavy atom. The van der Waals surface area contributed by atoms with E-state index < -0.39 is 29.5 Å². The number of carboxylic acid groups (broad SMARTS) is 2.